The van der Waals surface area contributed by atoms with E-state index in [-0.39, 0.29) is 12.6 Å². The number of rotatable bonds is 1. The summed E-state index contributed by atoms with van der Waals surface area (Å²) in [5.74, 6) is 0. The van der Waals surface area contributed by atoms with Crippen molar-refractivity contribution in [2.75, 3.05) is 6.54 Å². The van der Waals surface area contributed by atoms with E-state index in [9.17, 15) is 20.4 Å². The first kappa shape index (κ1) is 10.9. The summed E-state index contributed by atoms with van der Waals surface area (Å²) < 4.78 is 0. The second kappa shape index (κ2) is 4.34. The van der Waals surface area contributed by atoms with Crippen molar-refractivity contribution in [3.63, 3.8) is 0 Å². The standard InChI is InChI=1S/C8H17NO4/c1-2-4-6(11)8(13)7(12)5(10)3-9-4/h4-13H,2-3H2,1H3/t4-,5-,6+,7-,8-/m1/s1. The number of aliphatic hydroxyl groups excluding tert-OH is 4. The monoisotopic (exact) mass is 191 g/mol. The fourth-order valence-electron chi connectivity index (χ4n) is 1.57. The fourth-order valence-corrected chi connectivity index (χ4v) is 1.57. The zero-order valence-corrected chi connectivity index (χ0v) is 7.59. The van der Waals surface area contributed by atoms with Gasteiger partial charge in [0.15, 0.2) is 0 Å². The van der Waals surface area contributed by atoms with E-state index in [1.165, 1.54) is 0 Å². The summed E-state index contributed by atoms with van der Waals surface area (Å²) in [6.45, 7) is 2.05. The molecule has 78 valence electrons. The average Bonchev–Trinajstić information content (AvgIpc) is 2.22. The average molecular weight is 191 g/mol. The SMILES string of the molecule is CC[C@H]1NC[C@@H](O)[C@@H](O)[C@H](O)[C@H]1O. The molecular weight excluding hydrogens is 174 g/mol. The summed E-state index contributed by atoms with van der Waals surface area (Å²) in [5.41, 5.74) is 0. The van der Waals surface area contributed by atoms with Gasteiger partial charge in [0.25, 0.3) is 0 Å². The summed E-state index contributed by atoms with van der Waals surface area (Å²) in [7, 11) is 0. The lowest BCUT2D eigenvalue weighted by Crippen LogP contribution is -2.47. The molecule has 5 atom stereocenters. The van der Waals surface area contributed by atoms with E-state index >= 15 is 0 Å². The van der Waals surface area contributed by atoms with Crippen LogP contribution in [0.3, 0.4) is 0 Å². The van der Waals surface area contributed by atoms with Crippen molar-refractivity contribution in [2.45, 2.75) is 43.8 Å². The van der Waals surface area contributed by atoms with Crippen molar-refractivity contribution in [1.29, 1.82) is 0 Å². The Balaban J connectivity index is 2.69. The molecule has 5 heteroatoms. The van der Waals surface area contributed by atoms with Crippen molar-refractivity contribution < 1.29 is 20.4 Å². The van der Waals surface area contributed by atoms with Crippen LogP contribution >= 0.6 is 0 Å². The van der Waals surface area contributed by atoms with E-state index in [0.29, 0.717) is 6.42 Å². The third-order valence-electron chi connectivity index (χ3n) is 2.54. The zero-order valence-electron chi connectivity index (χ0n) is 7.59. The van der Waals surface area contributed by atoms with Gasteiger partial charge in [-0.3, -0.25) is 0 Å². The smallest absolute Gasteiger partial charge is 0.110 e. The van der Waals surface area contributed by atoms with Crippen LogP contribution in [-0.4, -0.2) is 57.4 Å². The molecule has 0 aromatic rings. The van der Waals surface area contributed by atoms with Crippen LogP contribution in [0.2, 0.25) is 0 Å². The van der Waals surface area contributed by atoms with Crippen molar-refractivity contribution in [2.24, 2.45) is 0 Å². The number of nitrogens with one attached hydrogen (secondary N) is 1. The van der Waals surface area contributed by atoms with Gasteiger partial charge in [-0.15, -0.1) is 0 Å². The highest BCUT2D eigenvalue weighted by Crippen LogP contribution is 2.14. The van der Waals surface area contributed by atoms with Crippen LogP contribution in [0.1, 0.15) is 13.3 Å². The molecule has 0 aliphatic carbocycles. The van der Waals surface area contributed by atoms with Crippen molar-refractivity contribution in [3.05, 3.63) is 0 Å². The largest absolute Gasteiger partial charge is 0.389 e. The Bertz CT molecular complexity index is 164. The lowest BCUT2D eigenvalue weighted by Gasteiger charge is -2.25. The van der Waals surface area contributed by atoms with Gasteiger partial charge >= 0.3 is 0 Å². The van der Waals surface area contributed by atoms with Crippen LogP contribution in [0.4, 0.5) is 0 Å². The normalized spacial score (nSPS) is 47.3. The first-order valence-corrected chi connectivity index (χ1v) is 4.53. The molecule has 0 aromatic carbocycles. The molecule has 0 bridgehead atoms. The molecule has 5 nitrogen and oxygen atoms in total. The van der Waals surface area contributed by atoms with Crippen LogP contribution in [0, 0.1) is 0 Å². The van der Waals surface area contributed by atoms with Crippen LogP contribution < -0.4 is 5.32 Å². The van der Waals surface area contributed by atoms with E-state index < -0.39 is 24.4 Å². The highest BCUT2D eigenvalue weighted by molar-refractivity contribution is 4.92. The molecule has 13 heavy (non-hydrogen) atoms. The minimum absolute atomic E-state index is 0.188. The second-order valence-electron chi connectivity index (χ2n) is 3.46. The predicted octanol–water partition coefficient (Wildman–Crippen LogP) is -2.19. The van der Waals surface area contributed by atoms with E-state index in [1.807, 2.05) is 6.92 Å². The van der Waals surface area contributed by atoms with E-state index in [2.05, 4.69) is 5.32 Å². The Morgan fingerprint density at radius 3 is 2.23 bits per heavy atom. The highest BCUT2D eigenvalue weighted by atomic mass is 16.4. The van der Waals surface area contributed by atoms with Gasteiger partial charge in [0, 0.05) is 12.6 Å². The van der Waals surface area contributed by atoms with Crippen molar-refractivity contribution in [3.8, 4) is 0 Å². The third kappa shape index (κ3) is 2.18. The zero-order chi connectivity index (χ0) is 10.0. The molecule has 1 rings (SSSR count). The summed E-state index contributed by atoms with van der Waals surface area (Å²) in [6.07, 6.45) is -3.98. The number of hydrogen-bond donors (Lipinski definition) is 5. The maximum atomic E-state index is 9.52. The summed E-state index contributed by atoms with van der Waals surface area (Å²) in [6, 6.07) is -0.276. The maximum absolute atomic E-state index is 9.52. The fraction of sp³-hybridized carbons (Fsp3) is 1.00. The first-order valence-electron chi connectivity index (χ1n) is 4.53. The second-order valence-corrected chi connectivity index (χ2v) is 3.46. The van der Waals surface area contributed by atoms with Gasteiger partial charge in [-0.1, -0.05) is 6.92 Å². The Morgan fingerprint density at radius 2 is 1.69 bits per heavy atom. The van der Waals surface area contributed by atoms with Gasteiger partial charge in [-0.2, -0.15) is 0 Å². The molecule has 0 saturated carbocycles. The molecule has 1 fully saturated rings. The lowest BCUT2D eigenvalue weighted by molar-refractivity contribution is -0.0957. The molecule has 1 aliphatic rings. The van der Waals surface area contributed by atoms with E-state index in [0.717, 1.165) is 0 Å². The predicted molar refractivity (Wildman–Crippen MR) is 46.1 cm³/mol. The first-order chi connectivity index (χ1) is 6.07. The van der Waals surface area contributed by atoms with Gasteiger partial charge < -0.3 is 25.7 Å². The van der Waals surface area contributed by atoms with Crippen LogP contribution in [0.5, 0.6) is 0 Å². The van der Waals surface area contributed by atoms with E-state index in [1.54, 1.807) is 0 Å². The van der Waals surface area contributed by atoms with Crippen molar-refractivity contribution >= 4 is 0 Å². The van der Waals surface area contributed by atoms with E-state index in [4.69, 9.17) is 0 Å². The van der Waals surface area contributed by atoms with Crippen LogP contribution in [0.15, 0.2) is 0 Å². The van der Waals surface area contributed by atoms with Gasteiger partial charge in [-0.25, -0.2) is 0 Å². The molecule has 1 heterocycles. The molecule has 0 spiro atoms. The quantitative estimate of drug-likeness (QED) is 0.325. The Labute approximate surface area is 77.0 Å². The van der Waals surface area contributed by atoms with Gasteiger partial charge in [-0.05, 0) is 6.42 Å². The highest BCUT2D eigenvalue weighted by Gasteiger charge is 2.37. The van der Waals surface area contributed by atoms with Crippen LogP contribution in [-0.2, 0) is 0 Å². The molecule has 0 radical (unpaired) electrons. The molecular formula is C8H17NO4. The minimum Gasteiger partial charge on any atom is -0.389 e. The maximum Gasteiger partial charge on any atom is 0.110 e. The number of β-amino-alcohol motifs (C(OH)–C–C–N with tert-alkyl or cyclic N) is 1. The molecule has 0 unspecified atom stereocenters. The Hall–Kier alpha value is -0.200. The Morgan fingerprint density at radius 1 is 1.08 bits per heavy atom. The summed E-state index contributed by atoms with van der Waals surface area (Å²) >= 11 is 0. The lowest BCUT2D eigenvalue weighted by atomic mass is 10.00. The van der Waals surface area contributed by atoms with Gasteiger partial charge in [0.2, 0.25) is 0 Å². The number of aliphatic hydroxyl groups is 4. The topological polar surface area (TPSA) is 93.0 Å². The van der Waals surface area contributed by atoms with Gasteiger partial charge in [0.05, 0.1) is 12.2 Å². The Kier molecular flexibility index (Phi) is 3.63. The van der Waals surface area contributed by atoms with Crippen molar-refractivity contribution in [1.82, 2.24) is 5.32 Å². The van der Waals surface area contributed by atoms with Gasteiger partial charge in [0.1, 0.15) is 12.2 Å². The summed E-state index contributed by atoms with van der Waals surface area (Å²) in [4.78, 5) is 0. The minimum atomic E-state index is -1.28. The molecule has 0 amide bonds. The molecule has 1 saturated heterocycles. The molecule has 0 aromatic heterocycles. The molecule has 5 N–H and O–H groups in total. The third-order valence-corrected chi connectivity index (χ3v) is 2.54. The number of hydrogen-bond acceptors (Lipinski definition) is 5. The van der Waals surface area contributed by atoms with Crippen LogP contribution in [0.25, 0.3) is 0 Å². The molecule has 1 aliphatic heterocycles. The summed E-state index contributed by atoms with van der Waals surface area (Å²) in [5, 5.41) is 40.4.